The molecule has 1 unspecified atom stereocenters. The number of Topliss-reactive ketones (excluding diaryl/α,β-unsaturated/α-hetero) is 1. The van der Waals surface area contributed by atoms with E-state index in [4.69, 9.17) is 0 Å². The number of imide groups is 1. The van der Waals surface area contributed by atoms with Gasteiger partial charge in [0.05, 0.1) is 25.2 Å². The number of rotatable bonds is 11. The molecule has 8 amide bonds. The summed E-state index contributed by atoms with van der Waals surface area (Å²) >= 11 is 0. The average molecular weight is 646 g/mol. The molecule has 14 nitrogen and oxygen atoms in total. The van der Waals surface area contributed by atoms with Gasteiger partial charge in [-0.1, -0.05) is 61.5 Å². The standard InChI is InChI=1S/C32H51N7O7/c1-12-13-33-26(43)23(41)17(2)35-25(42)22-21-18(32(21,9)10)15-39(22)27(44)24(31(6,7)8)36-29(46)37(11)19(30(3,4)5)16-38-20(40)14-34-28(38)45/h12,17-19,21-22,24H,1,13-16H2,2-11H3,(H,33,43)(H,34,45)(H,35,42)(H,36,46)/t17?,18-,19+,21-,22-,24+/m0/s1. The molecule has 2 saturated heterocycles. The number of hydrogen-bond donors (Lipinski definition) is 4. The van der Waals surface area contributed by atoms with Crippen molar-refractivity contribution in [3.8, 4) is 0 Å². The molecule has 4 N–H and O–H groups in total. The number of hydrogen-bond acceptors (Lipinski definition) is 7. The van der Waals surface area contributed by atoms with Crippen molar-refractivity contribution >= 4 is 41.5 Å². The van der Waals surface area contributed by atoms with Crippen LogP contribution in [0.15, 0.2) is 12.7 Å². The average Bonchev–Trinajstić information content (AvgIpc) is 3.24. The molecule has 3 rings (SSSR count). The summed E-state index contributed by atoms with van der Waals surface area (Å²) in [5.41, 5.74) is -1.53. The molecule has 3 fully saturated rings. The van der Waals surface area contributed by atoms with Crippen molar-refractivity contribution in [2.24, 2.45) is 28.1 Å². The highest BCUT2D eigenvalue weighted by molar-refractivity contribution is 6.38. The molecule has 1 saturated carbocycles. The van der Waals surface area contributed by atoms with Gasteiger partial charge in [0.2, 0.25) is 23.5 Å². The monoisotopic (exact) mass is 645 g/mol. The minimum absolute atomic E-state index is 0.0262. The summed E-state index contributed by atoms with van der Waals surface area (Å²) in [4.78, 5) is 95.1. The molecule has 46 heavy (non-hydrogen) atoms. The van der Waals surface area contributed by atoms with Crippen LogP contribution in [0.2, 0.25) is 0 Å². The Kier molecular flexibility index (Phi) is 10.3. The number of fused-ring (bicyclic) bond motifs is 1. The van der Waals surface area contributed by atoms with Crippen LogP contribution < -0.4 is 21.3 Å². The van der Waals surface area contributed by atoms with Gasteiger partial charge in [0.15, 0.2) is 0 Å². The minimum Gasteiger partial charge on any atom is -0.346 e. The van der Waals surface area contributed by atoms with E-state index in [0.717, 1.165) is 4.90 Å². The molecular formula is C32H51N7O7. The highest BCUT2D eigenvalue weighted by Crippen LogP contribution is 2.65. The zero-order valence-corrected chi connectivity index (χ0v) is 28.8. The van der Waals surface area contributed by atoms with E-state index in [0.29, 0.717) is 6.54 Å². The summed E-state index contributed by atoms with van der Waals surface area (Å²) in [6.45, 7) is 20.3. The minimum atomic E-state index is -1.12. The third-order valence-electron chi connectivity index (χ3n) is 9.60. The number of ketones is 1. The lowest BCUT2D eigenvalue weighted by Gasteiger charge is -2.42. The lowest BCUT2D eigenvalue weighted by molar-refractivity contribution is -0.145. The lowest BCUT2D eigenvalue weighted by Crippen LogP contribution is -2.63. The van der Waals surface area contributed by atoms with Crippen molar-refractivity contribution in [2.45, 2.75) is 86.5 Å². The Morgan fingerprint density at radius 2 is 1.67 bits per heavy atom. The van der Waals surface area contributed by atoms with Crippen LogP contribution in [-0.4, -0.2) is 114 Å². The van der Waals surface area contributed by atoms with Crippen molar-refractivity contribution in [3.63, 3.8) is 0 Å². The van der Waals surface area contributed by atoms with Gasteiger partial charge in [0, 0.05) is 20.1 Å². The Morgan fingerprint density at radius 3 is 2.17 bits per heavy atom. The second-order valence-corrected chi connectivity index (χ2v) is 15.4. The maximum atomic E-state index is 14.3. The second-order valence-electron chi connectivity index (χ2n) is 15.4. The molecule has 0 radical (unpaired) electrons. The summed E-state index contributed by atoms with van der Waals surface area (Å²) in [7, 11) is 1.56. The number of likely N-dealkylation sites (N-methyl/N-ethyl adjacent to an activating group) is 1. The molecule has 0 aromatic carbocycles. The summed E-state index contributed by atoms with van der Waals surface area (Å²) in [6.07, 6.45) is 1.43. The van der Waals surface area contributed by atoms with Gasteiger partial charge in [-0.25, -0.2) is 9.59 Å². The third-order valence-corrected chi connectivity index (χ3v) is 9.60. The summed E-state index contributed by atoms with van der Waals surface area (Å²) in [5.74, 6) is -3.15. The first-order valence-corrected chi connectivity index (χ1v) is 15.7. The molecule has 0 spiro atoms. The number of nitrogens with zero attached hydrogens (tertiary/aromatic N) is 3. The first-order chi connectivity index (χ1) is 21.0. The zero-order valence-electron chi connectivity index (χ0n) is 28.8. The van der Waals surface area contributed by atoms with E-state index in [-0.39, 0.29) is 42.8 Å². The van der Waals surface area contributed by atoms with Gasteiger partial charge in [-0.05, 0) is 35.0 Å². The van der Waals surface area contributed by atoms with Crippen molar-refractivity contribution in [1.82, 2.24) is 36.0 Å². The maximum Gasteiger partial charge on any atom is 0.324 e. The van der Waals surface area contributed by atoms with E-state index in [1.807, 2.05) is 55.4 Å². The van der Waals surface area contributed by atoms with Gasteiger partial charge in [-0.15, -0.1) is 6.58 Å². The molecular weight excluding hydrogens is 594 g/mol. The molecule has 0 aromatic heterocycles. The predicted molar refractivity (Wildman–Crippen MR) is 170 cm³/mol. The Balaban J connectivity index is 1.82. The van der Waals surface area contributed by atoms with Crippen molar-refractivity contribution < 1.29 is 33.6 Å². The highest BCUT2D eigenvalue weighted by atomic mass is 16.2. The predicted octanol–water partition coefficient (Wildman–Crippen LogP) is 0.868. The fourth-order valence-corrected chi connectivity index (χ4v) is 6.60. The first kappa shape index (κ1) is 36.5. The largest absolute Gasteiger partial charge is 0.346 e. The van der Waals surface area contributed by atoms with E-state index >= 15 is 0 Å². The molecule has 2 heterocycles. The van der Waals surface area contributed by atoms with E-state index in [9.17, 15) is 33.6 Å². The quantitative estimate of drug-likeness (QED) is 0.146. The van der Waals surface area contributed by atoms with Crippen LogP contribution in [0.3, 0.4) is 0 Å². The smallest absolute Gasteiger partial charge is 0.324 e. The van der Waals surface area contributed by atoms with Crippen LogP contribution in [0.1, 0.15) is 62.3 Å². The first-order valence-electron chi connectivity index (χ1n) is 15.7. The van der Waals surface area contributed by atoms with Gasteiger partial charge >= 0.3 is 12.1 Å². The molecule has 1 aliphatic carbocycles. The third kappa shape index (κ3) is 7.36. The van der Waals surface area contributed by atoms with Gasteiger partial charge in [-0.3, -0.25) is 28.9 Å². The van der Waals surface area contributed by atoms with E-state index in [1.165, 1.54) is 22.8 Å². The number of carbonyl (C=O) groups excluding carboxylic acids is 7. The van der Waals surface area contributed by atoms with Crippen molar-refractivity contribution in [2.75, 3.05) is 33.2 Å². The zero-order chi connectivity index (χ0) is 35.1. The van der Waals surface area contributed by atoms with Gasteiger partial charge in [-0.2, -0.15) is 0 Å². The number of nitrogens with one attached hydrogen (secondary N) is 4. The maximum absolute atomic E-state index is 14.3. The van der Waals surface area contributed by atoms with Crippen LogP contribution in [0.25, 0.3) is 0 Å². The van der Waals surface area contributed by atoms with Gasteiger partial charge in [0.1, 0.15) is 12.1 Å². The summed E-state index contributed by atoms with van der Waals surface area (Å²) in [6, 6.07) is -4.75. The molecule has 3 aliphatic rings. The molecule has 0 aromatic rings. The molecule has 256 valence electrons. The molecule has 2 aliphatic heterocycles. The normalized spacial score (nSPS) is 23.8. The van der Waals surface area contributed by atoms with Gasteiger partial charge < -0.3 is 31.1 Å². The highest BCUT2D eigenvalue weighted by Gasteiger charge is 2.70. The van der Waals surface area contributed by atoms with Crippen LogP contribution in [0.5, 0.6) is 0 Å². The number of amides is 8. The fraction of sp³-hybridized carbons (Fsp3) is 0.719. The number of carbonyl (C=O) groups is 7. The Hall–Kier alpha value is -3.97. The Bertz CT molecular complexity index is 1280. The molecule has 6 atom stereocenters. The lowest BCUT2D eigenvalue weighted by atomic mass is 9.84. The van der Waals surface area contributed by atoms with Crippen molar-refractivity contribution in [1.29, 1.82) is 0 Å². The summed E-state index contributed by atoms with van der Waals surface area (Å²) < 4.78 is 0. The Morgan fingerprint density at radius 1 is 1.07 bits per heavy atom. The molecule has 0 bridgehead atoms. The Labute approximate surface area is 271 Å². The van der Waals surface area contributed by atoms with E-state index < -0.39 is 70.6 Å². The van der Waals surface area contributed by atoms with Crippen LogP contribution in [0, 0.1) is 28.1 Å². The van der Waals surface area contributed by atoms with E-state index in [1.54, 1.807) is 7.05 Å². The number of urea groups is 2. The van der Waals surface area contributed by atoms with Gasteiger partial charge in [0.25, 0.3) is 5.91 Å². The van der Waals surface area contributed by atoms with Crippen LogP contribution >= 0.6 is 0 Å². The SMILES string of the molecule is C=CCNC(=O)C(=O)C(C)NC(=O)[C@@H]1[C@@H]2[C@H](CN1C(=O)[C@@H](NC(=O)N(C)[C@H](CN1C(=O)CNC1=O)C(C)(C)C)C(C)(C)C)C2(C)C. The number of piperidine rings is 1. The van der Waals surface area contributed by atoms with Crippen molar-refractivity contribution in [3.05, 3.63) is 12.7 Å². The fourth-order valence-electron chi connectivity index (χ4n) is 6.60. The number of likely N-dealkylation sites (tertiary alicyclic amines) is 1. The molecule has 14 heteroatoms. The topological polar surface area (TPSA) is 177 Å². The summed E-state index contributed by atoms with van der Waals surface area (Å²) in [5, 5.41) is 10.4. The van der Waals surface area contributed by atoms with E-state index in [2.05, 4.69) is 27.8 Å². The second kappa shape index (κ2) is 13.0. The van der Waals surface area contributed by atoms with Crippen LogP contribution in [-0.2, 0) is 24.0 Å². The van der Waals surface area contributed by atoms with Crippen LogP contribution in [0.4, 0.5) is 9.59 Å².